The molecule has 1 unspecified atom stereocenters. The van der Waals surface area contributed by atoms with Crippen molar-refractivity contribution in [3.05, 3.63) is 81.9 Å². The lowest BCUT2D eigenvalue weighted by molar-refractivity contribution is 0.0554. The number of carbonyl (C=O) groups excluding carboxylic acids is 1. The van der Waals surface area contributed by atoms with Crippen LogP contribution in [0.4, 0.5) is 0 Å². The summed E-state index contributed by atoms with van der Waals surface area (Å²) in [6, 6.07) is 14.4. The summed E-state index contributed by atoms with van der Waals surface area (Å²) in [4.78, 5) is 13.0. The molecular weight excluding hydrogens is 310 g/mol. The van der Waals surface area contributed by atoms with Crippen LogP contribution < -0.4 is 5.32 Å². The Morgan fingerprint density at radius 3 is 2.61 bits per heavy atom. The summed E-state index contributed by atoms with van der Waals surface area (Å²) in [6.45, 7) is 2.00. The average molecular weight is 327 g/mol. The van der Waals surface area contributed by atoms with Gasteiger partial charge in [-0.05, 0) is 42.6 Å². The molecule has 23 heavy (non-hydrogen) atoms. The fraction of sp³-hybridized carbons (Fsp3) is 0.167. The second-order valence-electron chi connectivity index (χ2n) is 5.36. The third kappa shape index (κ3) is 3.21. The molecule has 0 saturated heterocycles. The molecule has 3 rings (SSSR count). The lowest BCUT2D eigenvalue weighted by Crippen LogP contribution is -2.41. The Kier molecular flexibility index (Phi) is 4.32. The molecule has 2 N–H and O–H groups in total. The van der Waals surface area contributed by atoms with Gasteiger partial charge < -0.3 is 14.8 Å². The molecule has 0 bridgehead atoms. The molecule has 0 radical (unpaired) electrons. The van der Waals surface area contributed by atoms with E-state index in [4.69, 9.17) is 4.42 Å². The Hall–Kier alpha value is -2.37. The maximum Gasteiger partial charge on any atom is 0.251 e. The third-order valence-electron chi connectivity index (χ3n) is 3.68. The number of rotatable bonds is 5. The first kappa shape index (κ1) is 15.5. The molecular formula is C18H17NO3S. The van der Waals surface area contributed by atoms with Crippen LogP contribution in [0.2, 0.25) is 0 Å². The van der Waals surface area contributed by atoms with E-state index in [9.17, 15) is 9.90 Å². The van der Waals surface area contributed by atoms with Gasteiger partial charge >= 0.3 is 0 Å². The van der Waals surface area contributed by atoms with E-state index < -0.39 is 5.60 Å². The van der Waals surface area contributed by atoms with Crippen molar-refractivity contribution in [3.63, 3.8) is 0 Å². The zero-order valence-electron chi connectivity index (χ0n) is 12.7. The fourth-order valence-corrected chi connectivity index (χ4v) is 3.17. The van der Waals surface area contributed by atoms with Gasteiger partial charge in [0.05, 0.1) is 12.8 Å². The number of benzene rings is 1. The highest BCUT2D eigenvalue weighted by molar-refractivity contribution is 7.10. The van der Waals surface area contributed by atoms with Crippen molar-refractivity contribution < 1.29 is 14.3 Å². The van der Waals surface area contributed by atoms with Crippen molar-refractivity contribution in [2.45, 2.75) is 12.5 Å². The SMILES string of the molecule is Cc1ccc(C(=O)NCC(O)(c2ccco2)c2cccs2)cc1. The second kappa shape index (κ2) is 6.40. The summed E-state index contributed by atoms with van der Waals surface area (Å²) >= 11 is 1.42. The molecule has 0 spiro atoms. The van der Waals surface area contributed by atoms with E-state index in [1.165, 1.54) is 17.6 Å². The summed E-state index contributed by atoms with van der Waals surface area (Å²) < 4.78 is 5.38. The predicted molar refractivity (Wildman–Crippen MR) is 89.5 cm³/mol. The zero-order chi connectivity index (χ0) is 16.3. The minimum atomic E-state index is -1.38. The number of amides is 1. The van der Waals surface area contributed by atoms with E-state index in [0.717, 1.165) is 10.4 Å². The number of furan rings is 1. The van der Waals surface area contributed by atoms with E-state index in [0.29, 0.717) is 11.3 Å². The number of hydrogen-bond acceptors (Lipinski definition) is 4. The largest absolute Gasteiger partial charge is 0.466 e. The van der Waals surface area contributed by atoms with Crippen LogP contribution in [-0.4, -0.2) is 17.6 Å². The highest BCUT2D eigenvalue weighted by Gasteiger charge is 2.36. The van der Waals surface area contributed by atoms with E-state index in [2.05, 4.69) is 5.32 Å². The van der Waals surface area contributed by atoms with Crippen molar-refractivity contribution in [2.24, 2.45) is 0 Å². The molecule has 1 amide bonds. The van der Waals surface area contributed by atoms with E-state index in [1.807, 2.05) is 36.6 Å². The topological polar surface area (TPSA) is 62.5 Å². The molecule has 0 saturated carbocycles. The van der Waals surface area contributed by atoms with Gasteiger partial charge in [-0.15, -0.1) is 11.3 Å². The monoisotopic (exact) mass is 327 g/mol. The Labute approximate surface area is 138 Å². The maximum absolute atomic E-state index is 12.3. The van der Waals surface area contributed by atoms with Gasteiger partial charge in [0, 0.05) is 10.4 Å². The minimum absolute atomic E-state index is 0.0355. The first-order chi connectivity index (χ1) is 11.1. The highest BCUT2D eigenvalue weighted by Crippen LogP contribution is 2.32. The molecule has 0 aliphatic carbocycles. The lowest BCUT2D eigenvalue weighted by atomic mass is 9.98. The van der Waals surface area contributed by atoms with Gasteiger partial charge in [-0.1, -0.05) is 23.8 Å². The number of aryl methyl sites for hydroxylation is 1. The Bertz CT molecular complexity index is 727. The van der Waals surface area contributed by atoms with E-state index in [1.54, 1.807) is 24.3 Å². The molecule has 4 nitrogen and oxygen atoms in total. The van der Waals surface area contributed by atoms with Crippen LogP contribution in [0.1, 0.15) is 26.6 Å². The van der Waals surface area contributed by atoms with Crippen LogP contribution >= 0.6 is 11.3 Å². The first-order valence-electron chi connectivity index (χ1n) is 7.25. The molecule has 118 valence electrons. The van der Waals surface area contributed by atoms with Crippen molar-refractivity contribution in [3.8, 4) is 0 Å². The highest BCUT2D eigenvalue weighted by atomic mass is 32.1. The van der Waals surface area contributed by atoms with Crippen LogP contribution in [0, 0.1) is 6.92 Å². The van der Waals surface area contributed by atoms with E-state index in [-0.39, 0.29) is 12.5 Å². The normalized spacial score (nSPS) is 13.5. The van der Waals surface area contributed by atoms with Gasteiger partial charge in [-0.2, -0.15) is 0 Å². The van der Waals surface area contributed by atoms with Crippen molar-refractivity contribution >= 4 is 17.2 Å². The molecule has 0 aliphatic heterocycles. The number of hydrogen-bond donors (Lipinski definition) is 2. The Morgan fingerprint density at radius 1 is 1.22 bits per heavy atom. The molecule has 1 atom stereocenters. The van der Waals surface area contributed by atoms with Crippen LogP contribution in [-0.2, 0) is 5.60 Å². The first-order valence-corrected chi connectivity index (χ1v) is 8.13. The summed E-state index contributed by atoms with van der Waals surface area (Å²) in [7, 11) is 0. The molecule has 3 aromatic rings. The van der Waals surface area contributed by atoms with Gasteiger partial charge in [0.1, 0.15) is 5.76 Å². The predicted octanol–water partition coefficient (Wildman–Crippen LogP) is 3.32. The Balaban J connectivity index is 1.80. The Morgan fingerprint density at radius 2 is 2.00 bits per heavy atom. The van der Waals surface area contributed by atoms with Crippen LogP contribution in [0.15, 0.2) is 64.6 Å². The second-order valence-corrected chi connectivity index (χ2v) is 6.31. The van der Waals surface area contributed by atoms with Gasteiger partial charge in [0.15, 0.2) is 5.60 Å². The molecule has 2 aromatic heterocycles. The molecule has 1 aromatic carbocycles. The van der Waals surface area contributed by atoms with Crippen LogP contribution in [0.25, 0.3) is 0 Å². The summed E-state index contributed by atoms with van der Waals surface area (Å²) in [5.41, 5.74) is 0.272. The number of nitrogens with one attached hydrogen (secondary N) is 1. The smallest absolute Gasteiger partial charge is 0.251 e. The van der Waals surface area contributed by atoms with Gasteiger partial charge in [0.25, 0.3) is 5.91 Å². The van der Waals surface area contributed by atoms with Gasteiger partial charge in [0.2, 0.25) is 0 Å². The lowest BCUT2D eigenvalue weighted by Gasteiger charge is -2.25. The van der Waals surface area contributed by atoms with Gasteiger partial charge in [-0.25, -0.2) is 0 Å². The number of carbonyl (C=O) groups is 1. The summed E-state index contributed by atoms with van der Waals surface area (Å²) in [6.07, 6.45) is 1.51. The van der Waals surface area contributed by atoms with Gasteiger partial charge in [-0.3, -0.25) is 4.79 Å². The fourth-order valence-electron chi connectivity index (χ4n) is 2.34. The molecule has 0 aliphatic rings. The molecule has 2 heterocycles. The zero-order valence-corrected chi connectivity index (χ0v) is 13.5. The van der Waals surface area contributed by atoms with Crippen LogP contribution in [0.5, 0.6) is 0 Å². The average Bonchev–Trinajstić information content (AvgIpc) is 3.26. The molecule has 5 heteroatoms. The maximum atomic E-state index is 12.3. The van der Waals surface area contributed by atoms with Crippen molar-refractivity contribution in [1.82, 2.24) is 5.32 Å². The minimum Gasteiger partial charge on any atom is -0.466 e. The quantitative estimate of drug-likeness (QED) is 0.756. The van der Waals surface area contributed by atoms with E-state index >= 15 is 0 Å². The number of thiophene rings is 1. The summed E-state index contributed by atoms with van der Waals surface area (Å²) in [5.74, 6) is 0.177. The third-order valence-corrected chi connectivity index (χ3v) is 4.70. The van der Waals surface area contributed by atoms with Crippen LogP contribution in [0.3, 0.4) is 0 Å². The van der Waals surface area contributed by atoms with Crippen molar-refractivity contribution in [1.29, 1.82) is 0 Å². The van der Waals surface area contributed by atoms with Crippen molar-refractivity contribution in [2.75, 3.05) is 6.54 Å². The number of aliphatic hydroxyl groups is 1. The summed E-state index contributed by atoms with van der Waals surface area (Å²) in [5, 5.41) is 15.7. The standard InChI is InChI=1S/C18H17NO3S/c1-13-6-8-14(9-7-13)17(20)19-12-18(21,15-4-2-10-22-15)16-5-3-11-23-16/h2-11,21H,12H2,1H3,(H,19,20). The molecule has 0 fully saturated rings.